The fraction of sp³-hybridized carbons (Fsp3) is 0.412. The lowest BCUT2D eigenvalue weighted by molar-refractivity contribution is 0.241. The number of benzene rings is 1. The quantitative estimate of drug-likeness (QED) is 0.848. The molecule has 108 valence electrons. The molecule has 0 amide bonds. The molecule has 20 heavy (non-hydrogen) atoms. The van der Waals surface area contributed by atoms with Crippen LogP contribution in [0.1, 0.15) is 17.4 Å². The number of nitrogens with zero attached hydrogens (tertiary/aromatic N) is 1. The van der Waals surface area contributed by atoms with Crippen molar-refractivity contribution in [2.24, 2.45) is 5.73 Å². The first-order valence-corrected chi connectivity index (χ1v) is 8.05. The van der Waals surface area contributed by atoms with Crippen LogP contribution in [0.15, 0.2) is 47.8 Å². The summed E-state index contributed by atoms with van der Waals surface area (Å²) in [5.74, 6) is 0. The van der Waals surface area contributed by atoms with Crippen molar-refractivity contribution in [3.63, 3.8) is 0 Å². The summed E-state index contributed by atoms with van der Waals surface area (Å²) in [6, 6.07) is 15.5. The summed E-state index contributed by atoms with van der Waals surface area (Å²) in [7, 11) is 2.17. The molecule has 0 aliphatic rings. The van der Waals surface area contributed by atoms with E-state index in [0.29, 0.717) is 6.04 Å². The lowest BCUT2D eigenvalue weighted by atomic mass is 10.1. The SMILES string of the molecule is CC(Cc1cccs1)N(C)CC(N)Cc1ccccc1. The van der Waals surface area contributed by atoms with Gasteiger partial charge >= 0.3 is 0 Å². The zero-order chi connectivity index (χ0) is 14.4. The monoisotopic (exact) mass is 288 g/mol. The Morgan fingerprint density at radius 1 is 1.10 bits per heavy atom. The van der Waals surface area contributed by atoms with Crippen LogP contribution in [0.25, 0.3) is 0 Å². The predicted octanol–water partition coefficient (Wildman–Crippen LogP) is 3.18. The molecule has 0 aliphatic heterocycles. The van der Waals surface area contributed by atoms with Crippen molar-refractivity contribution in [3.05, 3.63) is 58.3 Å². The van der Waals surface area contributed by atoms with E-state index in [1.165, 1.54) is 10.4 Å². The zero-order valence-corrected chi connectivity index (χ0v) is 13.1. The van der Waals surface area contributed by atoms with Gasteiger partial charge in [-0.15, -0.1) is 11.3 Å². The molecular formula is C17H24N2S. The molecule has 2 aromatic rings. The first kappa shape index (κ1) is 15.2. The molecule has 0 saturated heterocycles. The van der Waals surface area contributed by atoms with Crippen molar-refractivity contribution >= 4 is 11.3 Å². The van der Waals surface area contributed by atoms with E-state index < -0.39 is 0 Å². The number of hydrogen-bond acceptors (Lipinski definition) is 3. The van der Waals surface area contributed by atoms with E-state index in [-0.39, 0.29) is 6.04 Å². The van der Waals surface area contributed by atoms with Gasteiger partial charge in [0.2, 0.25) is 0 Å². The summed E-state index contributed by atoms with van der Waals surface area (Å²) in [6.07, 6.45) is 2.04. The summed E-state index contributed by atoms with van der Waals surface area (Å²) in [4.78, 5) is 3.81. The summed E-state index contributed by atoms with van der Waals surface area (Å²) in [6.45, 7) is 3.20. The van der Waals surface area contributed by atoms with E-state index in [1.54, 1.807) is 0 Å². The largest absolute Gasteiger partial charge is 0.326 e. The molecule has 3 heteroatoms. The maximum absolute atomic E-state index is 6.28. The van der Waals surface area contributed by atoms with Crippen LogP contribution >= 0.6 is 11.3 Å². The summed E-state index contributed by atoms with van der Waals surface area (Å²) < 4.78 is 0. The molecule has 1 aromatic heterocycles. The molecule has 2 unspecified atom stereocenters. The highest BCUT2D eigenvalue weighted by atomic mass is 32.1. The molecule has 0 saturated carbocycles. The average Bonchev–Trinajstić information content (AvgIpc) is 2.92. The Balaban J connectivity index is 1.79. The van der Waals surface area contributed by atoms with E-state index in [1.807, 2.05) is 17.4 Å². The van der Waals surface area contributed by atoms with Gasteiger partial charge in [0.05, 0.1) is 0 Å². The zero-order valence-electron chi connectivity index (χ0n) is 12.3. The first-order valence-electron chi connectivity index (χ1n) is 7.17. The lowest BCUT2D eigenvalue weighted by Crippen LogP contribution is -2.41. The van der Waals surface area contributed by atoms with E-state index in [9.17, 15) is 0 Å². The molecule has 2 N–H and O–H groups in total. The second-order valence-corrected chi connectivity index (χ2v) is 6.55. The van der Waals surface area contributed by atoms with Gasteiger partial charge in [-0.1, -0.05) is 36.4 Å². The van der Waals surface area contributed by atoms with Crippen LogP contribution in [0, 0.1) is 0 Å². The molecular weight excluding hydrogens is 264 g/mol. The Bertz CT molecular complexity index is 481. The topological polar surface area (TPSA) is 29.3 Å². The van der Waals surface area contributed by atoms with Gasteiger partial charge < -0.3 is 10.6 Å². The lowest BCUT2D eigenvalue weighted by Gasteiger charge is -2.27. The number of nitrogens with two attached hydrogens (primary N) is 1. The molecule has 0 radical (unpaired) electrons. The summed E-state index contributed by atoms with van der Waals surface area (Å²) >= 11 is 1.83. The van der Waals surface area contributed by atoms with Crippen molar-refractivity contribution in [2.75, 3.05) is 13.6 Å². The molecule has 2 atom stereocenters. The third kappa shape index (κ3) is 4.75. The van der Waals surface area contributed by atoms with Crippen LogP contribution in [0.2, 0.25) is 0 Å². The smallest absolute Gasteiger partial charge is 0.0208 e. The van der Waals surface area contributed by atoms with Crippen LogP contribution in [-0.2, 0) is 12.8 Å². The Labute approximate surface area is 126 Å². The van der Waals surface area contributed by atoms with Crippen LogP contribution < -0.4 is 5.73 Å². The highest BCUT2D eigenvalue weighted by molar-refractivity contribution is 7.09. The molecule has 0 aliphatic carbocycles. The fourth-order valence-electron chi connectivity index (χ4n) is 2.41. The second-order valence-electron chi connectivity index (χ2n) is 5.52. The van der Waals surface area contributed by atoms with Gasteiger partial charge in [0.25, 0.3) is 0 Å². The number of rotatable bonds is 7. The van der Waals surface area contributed by atoms with Crippen LogP contribution in [0.5, 0.6) is 0 Å². The maximum atomic E-state index is 6.28. The van der Waals surface area contributed by atoms with Gasteiger partial charge in [0, 0.05) is 23.5 Å². The minimum atomic E-state index is 0.188. The molecule has 0 fully saturated rings. The van der Waals surface area contributed by atoms with Crippen LogP contribution in [-0.4, -0.2) is 30.6 Å². The van der Waals surface area contributed by atoms with Crippen molar-refractivity contribution in [1.29, 1.82) is 0 Å². The number of likely N-dealkylation sites (N-methyl/N-ethyl adjacent to an activating group) is 1. The molecule has 2 nitrogen and oxygen atoms in total. The van der Waals surface area contributed by atoms with Crippen molar-refractivity contribution in [3.8, 4) is 0 Å². The Kier molecular flexibility index (Phi) is 5.77. The molecule has 2 rings (SSSR count). The predicted molar refractivity (Wildman–Crippen MR) is 88.2 cm³/mol. The van der Waals surface area contributed by atoms with Crippen molar-refractivity contribution in [1.82, 2.24) is 4.90 Å². The van der Waals surface area contributed by atoms with E-state index in [0.717, 1.165) is 19.4 Å². The fourth-order valence-corrected chi connectivity index (χ4v) is 3.23. The van der Waals surface area contributed by atoms with Gasteiger partial charge in [-0.25, -0.2) is 0 Å². The van der Waals surface area contributed by atoms with Crippen LogP contribution in [0.4, 0.5) is 0 Å². The molecule has 1 heterocycles. The summed E-state index contributed by atoms with van der Waals surface area (Å²) in [5, 5.41) is 2.14. The number of hydrogen-bond donors (Lipinski definition) is 1. The standard InChI is InChI=1S/C17H24N2S/c1-14(11-17-9-6-10-20-17)19(2)13-16(18)12-15-7-4-3-5-8-15/h3-10,14,16H,11-13,18H2,1-2H3. The number of thiophene rings is 1. The highest BCUT2D eigenvalue weighted by Crippen LogP contribution is 2.14. The molecule has 1 aromatic carbocycles. The summed E-state index contributed by atoms with van der Waals surface area (Å²) in [5.41, 5.74) is 7.60. The van der Waals surface area contributed by atoms with Gasteiger partial charge in [-0.2, -0.15) is 0 Å². The van der Waals surface area contributed by atoms with Gasteiger partial charge in [0.1, 0.15) is 0 Å². The highest BCUT2D eigenvalue weighted by Gasteiger charge is 2.14. The van der Waals surface area contributed by atoms with Gasteiger partial charge in [0.15, 0.2) is 0 Å². The Morgan fingerprint density at radius 2 is 1.85 bits per heavy atom. The third-order valence-corrected chi connectivity index (χ3v) is 4.59. The molecule has 0 bridgehead atoms. The van der Waals surface area contributed by atoms with E-state index in [4.69, 9.17) is 5.73 Å². The van der Waals surface area contributed by atoms with Gasteiger partial charge in [-0.3, -0.25) is 0 Å². The average molecular weight is 288 g/mol. The first-order chi connectivity index (χ1) is 9.65. The van der Waals surface area contributed by atoms with Gasteiger partial charge in [-0.05, 0) is 43.8 Å². The minimum absolute atomic E-state index is 0.188. The van der Waals surface area contributed by atoms with Crippen LogP contribution in [0.3, 0.4) is 0 Å². The Hall–Kier alpha value is -1.16. The van der Waals surface area contributed by atoms with Crippen molar-refractivity contribution in [2.45, 2.75) is 31.8 Å². The van der Waals surface area contributed by atoms with Crippen molar-refractivity contribution < 1.29 is 0 Å². The Morgan fingerprint density at radius 3 is 2.50 bits per heavy atom. The maximum Gasteiger partial charge on any atom is 0.0208 e. The molecule has 0 spiro atoms. The second kappa shape index (κ2) is 7.58. The normalized spacial score (nSPS) is 14.4. The van der Waals surface area contributed by atoms with E-state index in [2.05, 4.69) is 60.6 Å². The van der Waals surface area contributed by atoms with E-state index >= 15 is 0 Å². The minimum Gasteiger partial charge on any atom is -0.326 e. The third-order valence-electron chi connectivity index (χ3n) is 3.69.